The number of allylic oxidation sites excluding steroid dienone is 9. The summed E-state index contributed by atoms with van der Waals surface area (Å²) in [6.45, 7) is 14.9. The average molecular weight is 991 g/mol. The van der Waals surface area contributed by atoms with Gasteiger partial charge in [0.1, 0.15) is 30.0 Å². The Labute approximate surface area is 415 Å². The summed E-state index contributed by atoms with van der Waals surface area (Å²) >= 11 is 0. The van der Waals surface area contributed by atoms with Gasteiger partial charge in [0.15, 0.2) is 0 Å². The van der Waals surface area contributed by atoms with Crippen molar-refractivity contribution in [3.05, 3.63) is 69.9 Å². The summed E-state index contributed by atoms with van der Waals surface area (Å²) < 4.78 is 11.7. The Morgan fingerprint density at radius 1 is 0.429 bits per heavy atom. The Morgan fingerprint density at radius 2 is 0.757 bits per heavy atom. The van der Waals surface area contributed by atoms with Gasteiger partial charge in [0.25, 0.3) is 0 Å². The number of carbonyl (C=O) groups is 6. The summed E-state index contributed by atoms with van der Waals surface area (Å²) in [5, 5.41) is 77.3. The van der Waals surface area contributed by atoms with Crippen LogP contribution in [0.2, 0.25) is 0 Å². The van der Waals surface area contributed by atoms with Crippen LogP contribution < -0.4 is 0 Å². The maximum Gasteiger partial charge on any atom is 0.331 e. The number of rotatable bonds is 38. The van der Waals surface area contributed by atoms with Gasteiger partial charge in [-0.25, -0.2) is 14.4 Å². The zero-order valence-electron chi connectivity index (χ0n) is 43.2. The number of unbranched alkanes of at least 4 members (excludes halogenated alkanes) is 3. The van der Waals surface area contributed by atoms with Gasteiger partial charge in [0.2, 0.25) is 0 Å². The van der Waals surface area contributed by atoms with Crippen LogP contribution in [-0.4, -0.2) is 115 Å². The molecule has 0 aromatic carbocycles. The summed E-state index contributed by atoms with van der Waals surface area (Å²) in [7, 11) is 0. The molecule has 0 aliphatic rings. The zero-order valence-corrected chi connectivity index (χ0v) is 43.2. The summed E-state index contributed by atoms with van der Waals surface area (Å²) in [6.07, 6.45) is 14.1. The molecule has 0 saturated heterocycles. The highest BCUT2D eigenvalue weighted by atomic mass is 16.6. The van der Waals surface area contributed by atoms with E-state index in [1.54, 1.807) is 20.8 Å². The SMILES string of the molecule is CC(=C\C(=O)O)/C=C(\C)C[C@H](C)CCCC[C@H](OC(=O)[C@H](CO)[C@H](CCCC[C@H](C)C/C(C)=C/C(C)=C/C(=O)O)OC(=O)/C=C(C)/C=C(\C)C[C@H](C)CCCC[C@H](O)[C@@H](CO)C(=O)O)[C@@H](CO)C(=O)O. The van der Waals surface area contributed by atoms with Gasteiger partial charge < -0.3 is 50.3 Å². The predicted octanol–water partition coefficient (Wildman–Crippen LogP) is 8.77. The zero-order chi connectivity index (χ0) is 53.5. The molecule has 16 nitrogen and oxygen atoms in total. The predicted molar refractivity (Wildman–Crippen MR) is 267 cm³/mol. The van der Waals surface area contributed by atoms with Gasteiger partial charge in [-0.3, -0.25) is 14.4 Å². The molecule has 8 N–H and O–H groups in total. The molecule has 0 radical (unpaired) electrons. The van der Waals surface area contributed by atoms with Gasteiger partial charge in [-0.1, -0.05) is 101 Å². The number of carbonyl (C=O) groups excluding carboxylic acids is 2. The smallest absolute Gasteiger partial charge is 0.331 e. The number of ether oxygens (including phenoxy) is 2. The molecule has 0 bridgehead atoms. The number of esters is 2. The van der Waals surface area contributed by atoms with Gasteiger partial charge >= 0.3 is 35.8 Å². The van der Waals surface area contributed by atoms with Crippen molar-refractivity contribution in [2.75, 3.05) is 19.8 Å². The van der Waals surface area contributed by atoms with E-state index in [-0.39, 0.29) is 37.0 Å². The average Bonchev–Trinajstić information content (AvgIpc) is 3.21. The third kappa shape index (κ3) is 30.0. The van der Waals surface area contributed by atoms with Crippen LogP contribution in [-0.2, 0) is 38.2 Å². The highest BCUT2D eigenvalue weighted by molar-refractivity contribution is 5.84. The fourth-order valence-corrected chi connectivity index (χ4v) is 8.89. The number of aliphatic hydroxyl groups is 4. The molecular formula is C54H86O16. The number of aliphatic carboxylic acids is 4. The molecule has 0 unspecified atom stereocenters. The quantitative estimate of drug-likeness (QED) is 0.0124. The minimum Gasteiger partial charge on any atom is -0.481 e. The number of aliphatic hydroxyl groups excluding tert-OH is 4. The second-order valence-electron chi connectivity index (χ2n) is 19.7. The molecule has 0 heterocycles. The monoisotopic (exact) mass is 991 g/mol. The largest absolute Gasteiger partial charge is 0.481 e. The standard InChI is InChI=1S/C54H86O16/c1-34(16-10-13-19-46(58)43(31-55)52(64)65)24-39(6)27-42(9)30-51(63)69-48(21-15-12-18-36(3)23-38(5)26-41(8)29-50(61)62)45(33-57)54(68)70-47(44(32-56)53(66)67)20-14-11-17-35(2)22-37(4)25-40(7)28-49(59)60/h25-30,34-36,43-48,55-58H,10-24,31-33H2,1-9H3,(H,59,60)(H,61,62)(H,64,65)(H,66,67)/b37-25+,38-26+,39-27+,40-28+,41-29+,42-30+/t34-,35-,36+,43-,44-,45-,46+,47+,48+/m1/s1. The molecule has 0 aliphatic heterocycles. The van der Waals surface area contributed by atoms with E-state index in [4.69, 9.17) is 24.8 Å². The van der Waals surface area contributed by atoms with E-state index in [0.717, 1.165) is 54.6 Å². The number of hydrogen-bond acceptors (Lipinski definition) is 12. The fraction of sp³-hybridized carbons (Fsp3) is 0.667. The summed E-state index contributed by atoms with van der Waals surface area (Å²) in [6, 6.07) is 0. The van der Waals surface area contributed by atoms with Crippen LogP contribution >= 0.6 is 0 Å². The minimum atomic E-state index is -1.45. The van der Waals surface area contributed by atoms with Crippen molar-refractivity contribution in [3.8, 4) is 0 Å². The van der Waals surface area contributed by atoms with Crippen molar-refractivity contribution in [2.24, 2.45) is 35.5 Å². The first kappa shape index (κ1) is 65.1. The maximum absolute atomic E-state index is 13.9. The number of hydrogen-bond donors (Lipinski definition) is 8. The topological polar surface area (TPSA) is 283 Å². The molecule has 0 spiro atoms. The van der Waals surface area contributed by atoms with Gasteiger partial charge in [0.05, 0.1) is 25.9 Å². The molecule has 9 atom stereocenters. The molecule has 0 aromatic rings. The summed E-state index contributed by atoms with van der Waals surface area (Å²) in [5.74, 6) is -9.74. The molecule has 0 rings (SSSR count). The molecule has 0 aliphatic carbocycles. The first-order valence-corrected chi connectivity index (χ1v) is 24.7. The molecule has 0 amide bonds. The lowest BCUT2D eigenvalue weighted by Gasteiger charge is -2.28. The second-order valence-corrected chi connectivity index (χ2v) is 19.7. The molecule has 16 heteroatoms. The molecule has 0 saturated carbocycles. The highest BCUT2D eigenvalue weighted by Gasteiger charge is 2.37. The molecule has 0 fully saturated rings. The van der Waals surface area contributed by atoms with Crippen molar-refractivity contribution in [2.45, 2.75) is 177 Å². The first-order chi connectivity index (χ1) is 32.8. The van der Waals surface area contributed by atoms with Gasteiger partial charge in [0, 0.05) is 18.2 Å². The lowest BCUT2D eigenvalue weighted by atomic mass is 9.92. The lowest BCUT2D eigenvalue weighted by Crippen LogP contribution is -2.41. The van der Waals surface area contributed by atoms with E-state index in [1.807, 2.05) is 45.9 Å². The van der Waals surface area contributed by atoms with Crippen molar-refractivity contribution in [1.29, 1.82) is 0 Å². The van der Waals surface area contributed by atoms with Crippen LogP contribution in [0.5, 0.6) is 0 Å². The number of carboxylic acid groups (broad SMARTS) is 4. The van der Waals surface area contributed by atoms with E-state index < -0.39 is 91.7 Å². The van der Waals surface area contributed by atoms with E-state index in [1.165, 1.54) is 6.08 Å². The van der Waals surface area contributed by atoms with Gasteiger partial charge in [-0.2, -0.15) is 0 Å². The molecule has 398 valence electrons. The lowest BCUT2D eigenvalue weighted by molar-refractivity contribution is -0.172. The summed E-state index contributed by atoms with van der Waals surface area (Å²) in [4.78, 5) is 72.9. The minimum absolute atomic E-state index is 0.110. The van der Waals surface area contributed by atoms with Crippen LogP contribution in [0.1, 0.15) is 159 Å². The molecule has 0 aromatic heterocycles. The Kier molecular flexibility index (Phi) is 33.6. The Balaban J connectivity index is 6.17. The normalized spacial score (nSPS) is 17.1. The van der Waals surface area contributed by atoms with E-state index >= 15 is 0 Å². The summed E-state index contributed by atoms with van der Waals surface area (Å²) in [5.41, 5.74) is 4.81. The van der Waals surface area contributed by atoms with Crippen molar-refractivity contribution >= 4 is 35.8 Å². The van der Waals surface area contributed by atoms with Crippen molar-refractivity contribution in [3.63, 3.8) is 0 Å². The third-order valence-electron chi connectivity index (χ3n) is 12.2. The van der Waals surface area contributed by atoms with E-state index in [2.05, 4.69) is 13.8 Å². The third-order valence-corrected chi connectivity index (χ3v) is 12.2. The van der Waals surface area contributed by atoms with Gasteiger partial charge in [-0.15, -0.1) is 0 Å². The van der Waals surface area contributed by atoms with Crippen LogP contribution in [0.25, 0.3) is 0 Å². The van der Waals surface area contributed by atoms with E-state index in [0.29, 0.717) is 68.1 Å². The Bertz CT molecular complexity index is 1840. The molecule has 70 heavy (non-hydrogen) atoms. The van der Waals surface area contributed by atoms with Crippen LogP contribution in [0.4, 0.5) is 0 Å². The first-order valence-electron chi connectivity index (χ1n) is 24.7. The fourth-order valence-electron chi connectivity index (χ4n) is 8.89. The molecular weight excluding hydrogens is 905 g/mol. The second kappa shape index (κ2) is 36.1. The van der Waals surface area contributed by atoms with Gasteiger partial charge in [-0.05, 0) is 127 Å². The maximum atomic E-state index is 13.9. The van der Waals surface area contributed by atoms with Crippen molar-refractivity contribution in [1.82, 2.24) is 0 Å². The Hall–Kier alpha value is -4.90. The van der Waals surface area contributed by atoms with E-state index in [9.17, 15) is 54.3 Å². The van der Waals surface area contributed by atoms with Crippen molar-refractivity contribution < 1.29 is 79.1 Å². The Morgan fingerprint density at radius 3 is 1.10 bits per heavy atom. The van der Waals surface area contributed by atoms with Crippen LogP contribution in [0, 0.1) is 35.5 Å². The van der Waals surface area contributed by atoms with Crippen LogP contribution in [0.3, 0.4) is 0 Å². The highest BCUT2D eigenvalue weighted by Crippen LogP contribution is 2.27. The number of carboxylic acids is 4. The van der Waals surface area contributed by atoms with Crippen LogP contribution in [0.15, 0.2) is 69.9 Å².